The summed E-state index contributed by atoms with van der Waals surface area (Å²) >= 11 is 0. The molecule has 0 aromatic carbocycles. The monoisotopic (exact) mass is 267 g/mol. The van der Waals surface area contributed by atoms with E-state index in [4.69, 9.17) is 5.11 Å². The highest BCUT2D eigenvalue weighted by Crippen LogP contribution is 2.45. The van der Waals surface area contributed by atoms with Crippen molar-refractivity contribution in [2.45, 2.75) is 70.8 Å². The third-order valence-corrected chi connectivity index (χ3v) is 4.92. The fourth-order valence-corrected chi connectivity index (χ4v) is 3.85. The lowest BCUT2D eigenvalue weighted by Crippen LogP contribution is -2.44. The second-order valence-electron chi connectivity index (χ2n) is 6.92. The van der Waals surface area contributed by atoms with Crippen LogP contribution in [0, 0.1) is 5.41 Å². The van der Waals surface area contributed by atoms with E-state index in [0.29, 0.717) is 6.42 Å². The van der Waals surface area contributed by atoms with E-state index >= 15 is 0 Å². The summed E-state index contributed by atoms with van der Waals surface area (Å²) in [5.74, 6) is -0.610. The summed E-state index contributed by atoms with van der Waals surface area (Å²) in [7, 11) is 0. The maximum Gasteiger partial charge on any atom is 0.303 e. The summed E-state index contributed by atoms with van der Waals surface area (Å²) in [6.07, 6.45) is 6.57. The zero-order chi connectivity index (χ0) is 14.1. The Morgan fingerprint density at radius 1 is 1.05 bits per heavy atom. The third-order valence-electron chi connectivity index (χ3n) is 4.92. The molecule has 108 valence electrons. The van der Waals surface area contributed by atoms with Crippen molar-refractivity contribution in [2.75, 3.05) is 6.54 Å². The van der Waals surface area contributed by atoms with Crippen LogP contribution in [-0.2, 0) is 9.59 Å². The van der Waals surface area contributed by atoms with Crippen LogP contribution in [-0.4, -0.2) is 34.0 Å². The van der Waals surface area contributed by atoms with Gasteiger partial charge < -0.3 is 10.0 Å². The van der Waals surface area contributed by atoms with Crippen LogP contribution in [0.15, 0.2) is 0 Å². The number of carboxylic acids is 1. The van der Waals surface area contributed by atoms with Crippen molar-refractivity contribution in [1.82, 2.24) is 4.90 Å². The lowest BCUT2D eigenvalue weighted by Gasteiger charge is -2.35. The summed E-state index contributed by atoms with van der Waals surface area (Å²) in [5.41, 5.74) is -0.332. The Hall–Kier alpha value is -1.06. The van der Waals surface area contributed by atoms with Crippen LogP contribution in [0.2, 0.25) is 0 Å². The molecule has 0 bridgehead atoms. The normalized spacial score (nSPS) is 24.6. The highest BCUT2D eigenvalue weighted by molar-refractivity contribution is 5.79. The molecule has 0 unspecified atom stereocenters. The number of hydrogen-bond donors (Lipinski definition) is 1. The molecule has 4 heteroatoms. The zero-order valence-electron chi connectivity index (χ0n) is 12.1. The largest absolute Gasteiger partial charge is 0.481 e. The molecule has 2 aliphatic rings. The maximum absolute atomic E-state index is 12.5. The third kappa shape index (κ3) is 3.10. The predicted molar refractivity (Wildman–Crippen MR) is 72.8 cm³/mol. The van der Waals surface area contributed by atoms with Crippen LogP contribution >= 0.6 is 0 Å². The molecule has 1 saturated carbocycles. The topological polar surface area (TPSA) is 57.6 Å². The molecule has 0 aromatic rings. The van der Waals surface area contributed by atoms with Crippen LogP contribution in [0.1, 0.15) is 65.2 Å². The van der Waals surface area contributed by atoms with Gasteiger partial charge in [-0.2, -0.15) is 0 Å². The van der Waals surface area contributed by atoms with Gasteiger partial charge in [-0.1, -0.05) is 12.8 Å². The summed E-state index contributed by atoms with van der Waals surface area (Å²) in [5, 5.41) is 9.10. The van der Waals surface area contributed by atoms with E-state index in [1.54, 1.807) is 0 Å². The molecule has 1 heterocycles. The molecule has 2 rings (SSSR count). The predicted octanol–water partition coefficient (Wildman–Crippen LogP) is 2.81. The van der Waals surface area contributed by atoms with Crippen molar-refractivity contribution in [1.29, 1.82) is 0 Å². The number of aliphatic carboxylic acids is 1. The van der Waals surface area contributed by atoms with Gasteiger partial charge in [-0.25, -0.2) is 0 Å². The Kier molecular flexibility index (Phi) is 3.88. The zero-order valence-corrected chi connectivity index (χ0v) is 12.1. The Balaban J connectivity index is 2.05. The lowest BCUT2D eigenvalue weighted by molar-refractivity contribution is -0.142. The van der Waals surface area contributed by atoms with Gasteiger partial charge in [-0.05, 0) is 44.9 Å². The van der Waals surface area contributed by atoms with Crippen molar-refractivity contribution in [3.05, 3.63) is 0 Å². The minimum atomic E-state index is -0.768. The SMILES string of the molecule is CC1(C)CCCN1C(=O)CC1(CC(=O)O)CCCC1. The van der Waals surface area contributed by atoms with Gasteiger partial charge in [0.1, 0.15) is 0 Å². The van der Waals surface area contributed by atoms with E-state index in [9.17, 15) is 9.59 Å². The second-order valence-corrected chi connectivity index (χ2v) is 6.92. The van der Waals surface area contributed by atoms with E-state index in [2.05, 4.69) is 13.8 Å². The molecule has 4 nitrogen and oxygen atoms in total. The Labute approximate surface area is 115 Å². The lowest BCUT2D eigenvalue weighted by atomic mass is 9.79. The van der Waals surface area contributed by atoms with Crippen LogP contribution in [0.3, 0.4) is 0 Å². The summed E-state index contributed by atoms with van der Waals surface area (Å²) in [4.78, 5) is 25.6. The Morgan fingerprint density at radius 3 is 2.16 bits per heavy atom. The molecule has 0 aromatic heterocycles. The highest BCUT2D eigenvalue weighted by Gasteiger charge is 2.42. The number of carbonyl (C=O) groups excluding carboxylic acids is 1. The van der Waals surface area contributed by atoms with E-state index < -0.39 is 5.97 Å². The molecule has 1 saturated heterocycles. The van der Waals surface area contributed by atoms with Gasteiger partial charge in [-0.3, -0.25) is 9.59 Å². The number of carboxylic acid groups (broad SMARTS) is 1. The molecule has 2 fully saturated rings. The Morgan fingerprint density at radius 2 is 1.68 bits per heavy atom. The standard InChI is InChI=1S/C15H25NO3/c1-14(2)6-5-9-16(14)12(17)10-15(11-13(18)19)7-3-4-8-15/h3-11H2,1-2H3,(H,18,19). The van der Waals surface area contributed by atoms with Gasteiger partial charge in [0.2, 0.25) is 5.91 Å². The summed E-state index contributed by atoms with van der Waals surface area (Å²) in [6, 6.07) is 0. The van der Waals surface area contributed by atoms with Gasteiger partial charge in [-0.15, -0.1) is 0 Å². The average Bonchev–Trinajstić information content (AvgIpc) is 2.84. The van der Waals surface area contributed by atoms with Crippen molar-refractivity contribution < 1.29 is 14.7 Å². The van der Waals surface area contributed by atoms with Gasteiger partial charge in [0.25, 0.3) is 0 Å². The molecule has 0 atom stereocenters. The first kappa shape index (κ1) is 14.4. The summed E-state index contributed by atoms with van der Waals surface area (Å²) < 4.78 is 0. The minimum absolute atomic E-state index is 0.0555. The average molecular weight is 267 g/mol. The van der Waals surface area contributed by atoms with Crippen LogP contribution in [0.25, 0.3) is 0 Å². The number of amides is 1. The van der Waals surface area contributed by atoms with Crippen LogP contribution in [0.4, 0.5) is 0 Å². The highest BCUT2D eigenvalue weighted by atomic mass is 16.4. The maximum atomic E-state index is 12.5. The molecule has 1 aliphatic heterocycles. The number of hydrogen-bond acceptors (Lipinski definition) is 2. The van der Waals surface area contributed by atoms with E-state index in [1.165, 1.54) is 0 Å². The minimum Gasteiger partial charge on any atom is -0.481 e. The van der Waals surface area contributed by atoms with E-state index in [0.717, 1.165) is 45.1 Å². The van der Waals surface area contributed by atoms with Crippen LogP contribution in [0.5, 0.6) is 0 Å². The first-order valence-electron chi connectivity index (χ1n) is 7.37. The molecule has 1 amide bonds. The molecule has 0 radical (unpaired) electrons. The van der Waals surface area contributed by atoms with E-state index in [-0.39, 0.29) is 23.3 Å². The van der Waals surface area contributed by atoms with Gasteiger partial charge in [0.15, 0.2) is 0 Å². The fourth-order valence-electron chi connectivity index (χ4n) is 3.85. The molecule has 1 aliphatic carbocycles. The van der Waals surface area contributed by atoms with Gasteiger partial charge >= 0.3 is 5.97 Å². The number of nitrogens with zero attached hydrogens (tertiary/aromatic N) is 1. The number of carbonyl (C=O) groups is 2. The van der Waals surface area contributed by atoms with Crippen molar-refractivity contribution in [2.24, 2.45) is 5.41 Å². The number of rotatable bonds is 4. The first-order valence-corrected chi connectivity index (χ1v) is 7.37. The molecule has 1 N–H and O–H groups in total. The second kappa shape index (κ2) is 5.14. The molecule has 19 heavy (non-hydrogen) atoms. The molecule has 0 spiro atoms. The number of likely N-dealkylation sites (tertiary alicyclic amines) is 1. The van der Waals surface area contributed by atoms with Gasteiger partial charge in [0, 0.05) is 18.5 Å². The Bertz CT molecular complexity index is 370. The van der Waals surface area contributed by atoms with Crippen molar-refractivity contribution in [3.8, 4) is 0 Å². The van der Waals surface area contributed by atoms with Crippen molar-refractivity contribution in [3.63, 3.8) is 0 Å². The van der Waals surface area contributed by atoms with Crippen LogP contribution < -0.4 is 0 Å². The summed E-state index contributed by atoms with van der Waals surface area (Å²) in [6.45, 7) is 5.04. The molecular formula is C15H25NO3. The van der Waals surface area contributed by atoms with Gasteiger partial charge in [0.05, 0.1) is 6.42 Å². The fraction of sp³-hybridized carbons (Fsp3) is 0.867. The molecular weight excluding hydrogens is 242 g/mol. The van der Waals surface area contributed by atoms with E-state index in [1.807, 2.05) is 4.90 Å². The quantitative estimate of drug-likeness (QED) is 0.852. The van der Waals surface area contributed by atoms with Crippen molar-refractivity contribution >= 4 is 11.9 Å². The first-order chi connectivity index (χ1) is 8.85. The smallest absolute Gasteiger partial charge is 0.303 e.